The Bertz CT molecular complexity index is 764. The fourth-order valence-electron chi connectivity index (χ4n) is 4.09. The van der Waals surface area contributed by atoms with Crippen LogP contribution in [0.4, 0.5) is 0 Å². The summed E-state index contributed by atoms with van der Waals surface area (Å²) in [5.74, 6) is 0.838. The monoisotopic (exact) mass is 339 g/mol. The molecule has 1 N–H and O–H groups in total. The summed E-state index contributed by atoms with van der Waals surface area (Å²) in [5.41, 5.74) is 3.08. The first kappa shape index (κ1) is 16.3. The summed E-state index contributed by atoms with van der Waals surface area (Å²) < 4.78 is 1.81. The molecule has 2 aromatic heterocycles. The van der Waals surface area contributed by atoms with E-state index in [0.29, 0.717) is 11.0 Å². The molecule has 25 heavy (non-hydrogen) atoms. The number of hydrogen-bond acceptors (Lipinski definition) is 4. The van der Waals surface area contributed by atoms with E-state index in [2.05, 4.69) is 15.4 Å². The van der Waals surface area contributed by atoms with Crippen molar-refractivity contribution in [1.82, 2.24) is 25.0 Å². The van der Waals surface area contributed by atoms with E-state index in [1.165, 1.54) is 6.42 Å². The van der Waals surface area contributed by atoms with Crippen molar-refractivity contribution in [3.8, 4) is 5.82 Å². The Balaban J connectivity index is 1.45. The molecule has 1 spiro atoms. The molecule has 0 aliphatic carbocycles. The Labute approximate surface area is 148 Å². The van der Waals surface area contributed by atoms with Crippen molar-refractivity contribution in [3.05, 3.63) is 41.3 Å². The van der Waals surface area contributed by atoms with E-state index >= 15 is 0 Å². The second-order valence-electron chi connectivity index (χ2n) is 7.46. The van der Waals surface area contributed by atoms with Gasteiger partial charge in [-0.25, -0.2) is 9.67 Å². The van der Waals surface area contributed by atoms with Crippen molar-refractivity contribution in [2.45, 2.75) is 33.1 Å². The first-order valence-electron chi connectivity index (χ1n) is 9.06. The van der Waals surface area contributed by atoms with E-state index in [-0.39, 0.29) is 5.91 Å². The predicted molar refractivity (Wildman–Crippen MR) is 95.9 cm³/mol. The SMILES string of the molecule is Cc1cc(C)n(-c2ccc(C(=O)N3CCC4(CCNC4)CC3)cn2)n1. The van der Waals surface area contributed by atoms with Gasteiger partial charge in [0, 0.05) is 31.5 Å². The Morgan fingerprint density at radius 1 is 1.20 bits per heavy atom. The molecule has 0 bridgehead atoms. The second-order valence-corrected chi connectivity index (χ2v) is 7.46. The second kappa shape index (κ2) is 6.26. The summed E-state index contributed by atoms with van der Waals surface area (Å²) in [6.07, 6.45) is 5.12. The lowest BCUT2D eigenvalue weighted by atomic mass is 9.78. The van der Waals surface area contributed by atoms with Crippen molar-refractivity contribution >= 4 is 5.91 Å². The minimum absolute atomic E-state index is 0.0909. The molecule has 0 saturated carbocycles. The zero-order valence-electron chi connectivity index (χ0n) is 15.0. The van der Waals surface area contributed by atoms with E-state index in [9.17, 15) is 4.79 Å². The molecule has 132 valence electrons. The van der Waals surface area contributed by atoms with Crippen molar-refractivity contribution in [1.29, 1.82) is 0 Å². The van der Waals surface area contributed by atoms with Crippen LogP contribution in [0.25, 0.3) is 5.82 Å². The molecule has 6 heteroatoms. The number of amides is 1. The maximum atomic E-state index is 12.8. The van der Waals surface area contributed by atoms with Crippen LogP contribution in [0, 0.1) is 19.3 Å². The molecule has 2 aliphatic rings. The number of aromatic nitrogens is 3. The lowest BCUT2D eigenvalue weighted by Crippen LogP contribution is -2.44. The van der Waals surface area contributed by atoms with E-state index in [1.807, 2.05) is 36.9 Å². The van der Waals surface area contributed by atoms with Gasteiger partial charge in [-0.3, -0.25) is 4.79 Å². The third kappa shape index (κ3) is 3.06. The zero-order valence-corrected chi connectivity index (χ0v) is 15.0. The molecule has 0 aromatic carbocycles. The van der Waals surface area contributed by atoms with Crippen LogP contribution in [0.2, 0.25) is 0 Å². The highest BCUT2D eigenvalue weighted by molar-refractivity contribution is 5.94. The first-order chi connectivity index (χ1) is 12.1. The summed E-state index contributed by atoms with van der Waals surface area (Å²) in [6, 6.07) is 5.75. The van der Waals surface area contributed by atoms with Crippen LogP contribution in [0.15, 0.2) is 24.4 Å². The molecule has 0 radical (unpaired) electrons. The summed E-state index contributed by atoms with van der Waals surface area (Å²) in [6.45, 7) is 7.88. The third-order valence-corrected chi connectivity index (χ3v) is 5.66. The fraction of sp³-hybridized carbons (Fsp3) is 0.526. The molecule has 6 nitrogen and oxygen atoms in total. The van der Waals surface area contributed by atoms with E-state index in [4.69, 9.17) is 0 Å². The Kier molecular flexibility index (Phi) is 4.07. The normalized spacial score (nSPS) is 19.5. The Hall–Kier alpha value is -2.21. The molecule has 0 unspecified atom stereocenters. The molecule has 2 aliphatic heterocycles. The molecule has 2 saturated heterocycles. The molecule has 2 fully saturated rings. The van der Waals surface area contributed by atoms with Crippen molar-refractivity contribution in [3.63, 3.8) is 0 Å². The van der Waals surface area contributed by atoms with Gasteiger partial charge in [-0.15, -0.1) is 0 Å². The highest BCUT2D eigenvalue weighted by atomic mass is 16.2. The van der Waals surface area contributed by atoms with Gasteiger partial charge in [0.1, 0.15) is 0 Å². The zero-order chi connectivity index (χ0) is 17.4. The van der Waals surface area contributed by atoms with E-state index < -0.39 is 0 Å². The maximum Gasteiger partial charge on any atom is 0.255 e. The van der Waals surface area contributed by atoms with Gasteiger partial charge in [-0.1, -0.05) is 0 Å². The number of hydrogen-bond donors (Lipinski definition) is 1. The van der Waals surface area contributed by atoms with Crippen molar-refractivity contribution in [2.75, 3.05) is 26.2 Å². The molecule has 0 atom stereocenters. The van der Waals surface area contributed by atoms with Gasteiger partial charge in [0.05, 0.1) is 11.3 Å². The highest BCUT2D eigenvalue weighted by Crippen LogP contribution is 2.37. The van der Waals surface area contributed by atoms with Gasteiger partial charge in [0.25, 0.3) is 5.91 Å². The van der Waals surface area contributed by atoms with Gasteiger partial charge in [0.15, 0.2) is 5.82 Å². The van der Waals surface area contributed by atoms with Crippen LogP contribution in [0.5, 0.6) is 0 Å². The van der Waals surface area contributed by atoms with Crippen LogP contribution in [-0.2, 0) is 0 Å². The summed E-state index contributed by atoms with van der Waals surface area (Å²) in [5, 5.41) is 7.90. The minimum Gasteiger partial charge on any atom is -0.339 e. The van der Waals surface area contributed by atoms with E-state index in [1.54, 1.807) is 10.9 Å². The van der Waals surface area contributed by atoms with Gasteiger partial charge in [-0.2, -0.15) is 5.10 Å². The number of nitrogens with zero attached hydrogens (tertiary/aromatic N) is 4. The average molecular weight is 339 g/mol. The van der Waals surface area contributed by atoms with Crippen LogP contribution in [0.3, 0.4) is 0 Å². The fourth-order valence-corrected chi connectivity index (χ4v) is 4.09. The number of carbonyl (C=O) groups excluding carboxylic acids is 1. The molecular weight excluding hydrogens is 314 g/mol. The van der Waals surface area contributed by atoms with Crippen LogP contribution in [0.1, 0.15) is 41.0 Å². The molecule has 2 aromatic rings. The molecule has 4 rings (SSSR count). The predicted octanol–water partition coefficient (Wildman–Crippen LogP) is 2.10. The summed E-state index contributed by atoms with van der Waals surface area (Å²) in [4.78, 5) is 19.2. The molecule has 1 amide bonds. The Morgan fingerprint density at radius 3 is 2.56 bits per heavy atom. The van der Waals surface area contributed by atoms with Crippen molar-refractivity contribution in [2.24, 2.45) is 5.41 Å². The van der Waals surface area contributed by atoms with Crippen LogP contribution >= 0.6 is 0 Å². The number of pyridine rings is 1. The smallest absolute Gasteiger partial charge is 0.255 e. The summed E-state index contributed by atoms with van der Waals surface area (Å²) in [7, 11) is 0. The van der Waals surface area contributed by atoms with Gasteiger partial charge in [-0.05, 0) is 63.3 Å². The molecule has 4 heterocycles. The quantitative estimate of drug-likeness (QED) is 0.910. The standard InChI is InChI=1S/C19H25N5O/c1-14-11-15(2)24(22-14)17-4-3-16(12-21-17)18(25)23-9-6-19(7-10-23)5-8-20-13-19/h3-4,11-12,20H,5-10,13H2,1-2H3. The number of carbonyl (C=O) groups is 1. The largest absolute Gasteiger partial charge is 0.339 e. The summed E-state index contributed by atoms with van der Waals surface area (Å²) >= 11 is 0. The highest BCUT2D eigenvalue weighted by Gasteiger charge is 2.38. The third-order valence-electron chi connectivity index (χ3n) is 5.66. The van der Waals surface area contributed by atoms with Crippen LogP contribution < -0.4 is 5.32 Å². The first-order valence-corrected chi connectivity index (χ1v) is 9.06. The van der Waals surface area contributed by atoms with Crippen molar-refractivity contribution < 1.29 is 4.79 Å². The Morgan fingerprint density at radius 2 is 2.00 bits per heavy atom. The van der Waals surface area contributed by atoms with Gasteiger partial charge < -0.3 is 10.2 Å². The lowest BCUT2D eigenvalue weighted by Gasteiger charge is -2.38. The average Bonchev–Trinajstić information content (AvgIpc) is 3.21. The number of nitrogens with one attached hydrogen (secondary N) is 1. The maximum absolute atomic E-state index is 12.8. The number of likely N-dealkylation sites (tertiary alicyclic amines) is 1. The van der Waals surface area contributed by atoms with Crippen LogP contribution in [-0.4, -0.2) is 51.8 Å². The van der Waals surface area contributed by atoms with E-state index in [0.717, 1.165) is 56.2 Å². The van der Waals surface area contributed by atoms with Gasteiger partial charge >= 0.3 is 0 Å². The topological polar surface area (TPSA) is 63.1 Å². The number of piperidine rings is 1. The number of rotatable bonds is 2. The minimum atomic E-state index is 0.0909. The van der Waals surface area contributed by atoms with Gasteiger partial charge in [0.2, 0.25) is 0 Å². The molecular formula is C19H25N5O. The lowest BCUT2D eigenvalue weighted by molar-refractivity contribution is 0.0607. The number of aryl methyl sites for hydroxylation is 2.